The summed E-state index contributed by atoms with van der Waals surface area (Å²) in [6.07, 6.45) is 20.7. The lowest BCUT2D eigenvalue weighted by molar-refractivity contribution is 0.00100. The Balaban J connectivity index is 4.18. The van der Waals surface area contributed by atoms with Crippen LogP contribution in [0.15, 0.2) is 0 Å². The Kier molecular flexibility index (Phi) is 15.5. The molecule has 0 spiro atoms. The topological polar surface area (TPSA) is 20.2 Å². The van der Waals surface area contributed by atoms with Gasteiger partial charge in [0.2, 0.25) is 0 Å². The zero-order chi connectivity index (χ0) is 17.4. The highest BCUT2D eigenvalue weighted by Gasteiger charge is 2.33. The Labute approximate surface area is 147 Å². The summed E-state index contributed by atoms with van der Waals surface area (Å²) in [5.41, 5.74) is 0.199. The van der Waals surface area contributed by atoms with Crippen molar-refractivity contribution >= 4 is 0 Å². The minimum atomic E-state index is -0.0983. The van der Waals surface area contributed by atoms with Crippen LogP contribution in [0.5, 0.6) is 0 Å². The predicted octanol–water partition coefficient (Wildman–Crippen LogP) is 7.65. The zero-order valence-corrected chi connectivity index (χ0v) is 16.8. The molecule has 0 fully saturated rings. The Morgan fingerprint density at radius 3 is 1.35 bits per heavy atom. The lowest BCUT2D eigenvalue weighted by Gasteiger charge is -2.38. The summed E-state index contributed by atoms with van der Waals surface area (Å²) in [6, 6.07) is 0. The number of rotatable bonds is 17. The summed E-state index contributed by atoms with van der Waals surface area (Å²) >= 11 is 0. The van der Waals surface area contributed by atoms with E-state index in [0.29, 0.717) is 0 Å². The van der Waals surface area contributed by atoms with Gasteiger partial charge in [-0.25, -0.2) is 0 Å². The third-order valence-corrected chi connectivity index (χ3v) is 5.85. The van der Waals surface area contributed by atoms with Gasteiger partial charge in [0, 0.05) is 0 Å². The highest BCUT2D eigenvalue weighted by atomic mass is 16.3. The van der Waals surface area contributed by atoms with Crippen LogP contribution in [-0.2, 0) is 0 Å². The molecule has 0 radical (unpaired) electrons. The molecule has 0 rings (SSSR count). The molecule has 23 heavy (non-hydrogen) atoms. The first kappa shape index (κ1) is 23.0. The first-order valence-corrected chi connectivity index (χ1v) is 10.8. The van der Waals surface area contributed by atoms with Gasteiger partial charge in [-0.2, -0.15) is 0 Å². The largest absolute Gasteiger partial charge is 0.393 e. The van der Waals surface area contributed by atoms with Gasteiger partial charge < -0.3 is 5.11 Å². The van der Waals surface area contributed by atoms with Gasteiger partial charge in [-0.05, 0) is 31.1 Å². The lowest BCUT2D eigenvalue weighted by atomic mass is 9.70. The van der Waals surface area contributed by atoms with E-state index >= 15 is 0 Å². The van der Waals surface area contributed by atoms with Crippen LogP contribution in [-0.4, -0.2) is 11.2 Å². The first-order valence-electron chi connectivity index (χ1n) is 10.8. The van der Waals surface area contributed by atoms with E-state index in [1.165, 1.54) is 89.9 Å². The predicted molar refractivity (Wildman–Crippen MR) is 105 cm³/mol. The number of hydrogen-bond acceptors (Lipinski definition) is 1. The molecule has 1 N–H and O–H groups in total. The van der Waals surface area contributed by atoms with Crippen LogP contribution in [0.25, 0.3) is 0 Å². The van der Waals surface area contributed by atoms with E-state index in [9.17, 15) is 5.11 Å². The highest BCUT2D eigenvalue weighted by molar-refractivity contribution is 4.85. The van der Waals surface area contributed by atoms with Crippen LogP contribution in [0.1, 0.15) is 130 Å². The molecule has 0 aliphatic carbocycles. The van der Waals surface area contributed by atoms with Crippen molar-refractivity contribution in [2.45, 2.75) is 137 Å². The van der Waals surface area contributed by atoms with Gasteiger partial charge in [0.1, 0.15) is 0 Å². The fraction of sp³-hybridized carbons (Fsp3) is 1.00. The van der Waals surface area contributed by atoms with Gasteiger partial charge in [0.25, 0.3) is 0 Å². The molecule has 0 aliphatic heterocycles. The summed E-state index contributed by atoms with van der Waals surface area (Å²) in [6.45, 7) is 9.01. The second kappa shape index (κ2) is 15.5. The maximum Gasteiger partial charge on any atom is 0.0593 e. The SMILES string of the molecule is CCCCCCCCC(CC)(CCCCCCCC)C(O)CC. The molecule has 1 unspecified atom stereocenters. The quantitative estimate of drug-likeness (QED) is 0.272. The summed E-state index contributed by atoms with van der Waals surface area (Å²) in [7, 11) is 0. The number of aliphatic hydroxyl groups is 1. The number of hydrogen-bond donors (Lipinski definition) is 1. The molecule has 0 saturated heterocycles. The van der Waals surface area contributed by atoms with Gasteiger partial charge in [0.05, 0.1) is 6.10 Å². The lowest BCUT2D eigenvalue weighted by Crippen LogP contribution is -2.34. The molecular weight excluding hydrogens is 280 g/mol. The van der Waals surface area contributed by atoms with Crippen molar-refractivity contribution in [1.29, 1.82) is 0 Å². The summed E-state index contributed by atoms with van der Waals surface area (Å²) in [5.74, 6) is 0. The van der Waals surface area contributed by atoms with E-state index in [0.717, 1.165) is 12.8 Å². The van der Waals surface area contributed by atoms with Gasteiger partial charge in [-0.3, -0.25) is 0 Å². The Hall–Kier alpha value is -0.0400. The molecular formula is C22H46O. The van der Waals surface area contributed by atoms with Crippen molar-refractivity contribution in [3.63, 3.8) is 0 Å². The monoisotopic (exact) mass is 326 g/mol. The molecule has 1 atom stereocenters. The fourth-order valence-corrected chi connectivity index (χ4v) is 4.00. The minimum Gasteiger partial charge on any atom is -0.393 e. The first-order chi connectivity index (χ1) is 11.2. The van der Waals surface area contributed by atoms with Crippen LogP contribution < -0.4 is 0 Å². The van der Waals surface area contributed by atoms with Crippen LogP contribution >= 0.6 is 0 Å². The Morgan fingerprint density at radius 1 is 0.609 bits per heavy atom. The van der Waals surface area contributed by atoms with Crippen LogP contribution in [0.4, 0.5) is 0 Å². The Morgan fingerprint density at radius 2 is 1.00 bits per heavy atom. The smallest absolute Gasteiger partial charge is 0.0593 e. The molecule has 0 aromatic heterocycles. The van der Waals surface area contributed by atoms with Crippen molar-refractivity contribution in [3.8, 4) is 0 Å². The molecule has 0 saturated carbocycles. The van der Waals surface area contributed by atoms with E-state index in [2.05, 4.69) is 27.7 Å². The molecule has 1 heteroatoms. The van der Waals surface area contributed by atoms with Crippen molar-refractivity contribution in [2.75, 3.05) is 0 Å². The zero-order valence-electron chi connectivity index (χ0n) is 16.8. The summed E-state index contributed by atoms with van der Waals surface area (Å²) < 4.78 is 0. The van der Waals surface area contributed by atoms with Gasteiger partial charge in [-0.15, -0.1) is 0 Å². The Bertz CT molecular complexity index is 220. The summed E-state index contributed by atoms with van der Waals surface area (Å²) in [5, 5.41) is 10.6. The second-order valence-corrected chi connectivity index (χ2v) is 7.68. The third kappa shape index (κ3) is 10.4. The van der Waals surface area contributed by atoms with E-state index < -0.39 is 0 Å². The average Bonchev–Trinajstić information content (AvgIpc) is 2.58. The van der Waals surface area contributed by atoms with Gasteiger partial charge in [-0.1, -0.05) is 105 Å². The standard InChI is InChI=1S/C22H46O/c1-5-9-11-13-15-17-19-22(8-4,21(23)7-3)20-18-16-14-12-10-6-2/h21,23H,5-20H2,1-4H3. The number of unbranched alkanes of at least 4 members (excludes halogenated alkanes) is 10. The fourth-order valence-electron chi connectivity index (χ4n) is 4.00. The molecule has 0 amide bonds. The molecule has 0 bridgehead atoms. The van der Waals surface area contributed by atoms with Crippen molar-refractivity contribution in [3.05, 3.63) is 0 Å². The number of aliphatic hydroxyl groups excluding tert-OH is 1. The average molecular weight is 327 g/mol. The van der Waals surface area contributed by atoms with Crippen molar-refractivity contribution < 1.29 is 5.11 Å². The molecule has 0 aromatic carbocycles. The van der Waals surface area contributed by atoms with Crippen molar-refractivity contribution in [1.82, 2.24) is 0 Å². The maximum atomic E-state index is 10.6. The molecule has 0 aromatic rings. The highest BCUT2D eigenvalue weighted by Crippen LogP contribution is 2.40. The molecule has 0 heterocycles. The van der Waals surface area contributed by atoms with Crippen molar-refractivity contribution in [2.24, 2.45) is 5.41 Å². The van der Waals surface area contributed by atoms with Crippen LogP contribution in [0.3, 0.4) is 0 Å². The van der Waals surface area contributed by atoms with E-state index in [4.69, 9.17) is 0 Å². The summed E-state index contributed by atoms with van der Waals surface area (Å²) in [4.78, 5) is 0. The van der Waals surface area contributed by atoms with E-state index in [-0.39, 0.29) is 11.5 Å². The minimum absolute atomic E-state index is 0.0983. The maximum absolute atomic E-state index is 10.6. The van der Waals surface area contributed by atoms with E-state index in [1.54, 1.807) is 0 Å². The molecule has 0 aliphatic rings. The van der Waals surface area contributed by atoms with Crippen LogP contribution in [0.2, 0.25) is 0 Å². The normalized spacial score (nSPS) is 13.4. The molecule has 1 nitrogen and oxygen atoms in total. The van der Waals surface area contributed by atoms with Crippen LogP contribution in [0, 0.1) is 5.41 Å². The third-order valence-electron chi connectivity index (χ3n) is 5.85. The van der Waals surface area contributed by atoms with E-state index in [1.807, 2.05) is 0 Å². The van der Waals surface area contributed by atoms with Gasteiger partial charge >= 0.3 is 0 Å². The van der Waals surface area contributed by atoms with Gasteiger partial charge in [0.15, 0.2) is 0 Å². The second-order valence-electron chi connectivity index (χ2n) is 7.68. The molecule has 140 valence electrons.